The van der Waals surface area contributed by atoms with Gasteiger partial charge in [-0.3, -0.25) is 0 Å². The first-order valence-electron chi connectivity index (χ1n) is 12.9. The Kier molecular flexibility index (Phi) is 17.6. The van der Waals surface area contributed by atoms with Crippen LogP contribution in [0.2, 0.25) is 0 Å². The second-order valence-corrected chi connectivity index (χ2v) is 13.8. The summed E-state index contributed by atoms with van der Waals surface area (Å²) in [4.78, 5) is 0. The van der Waals surface area contributed by atoms with Crippen molar-refractivity contribution in [2.24, 2.45) is 35.5 Å². The Morgan fingerprint density at radius 3 is 1.49 bits per heavy atom. The van der Waals surface area contributed by atoms with Gasteiger partial charge in [-0.05, 0) is 79.6 Å². The number of rotatable bonds is 6. The van der Waals surface area contributed by atoms with Crippen LogP contribution in [0.25, 0.3) is 0 Å². The molecular formula is C32H46Cl2Zr. The molecule has 0 aliphatic heterocycles. The standard InChI is InChI=1S/C17H20.C13H20.2CH3.2ClH.Zr/c1-2-6-14(7-3-1)10-11-15-12-16-8-4-5-9-17(16)13-15;1-2-3-6-11-9-12-7-4-5-8-13(12)10-11;;;;;/h1-9,15-17H,10-13H2;4-5,7-8,11-13H,2-3,6,9-10H2,1H3;2*1H3;2*1H;/q;;2*-1;;;+4/p-2. The van der Waals surface area contributed by atoms with Gasteiger partial charge in [0.1, 0.15) is 0 Å². The number of hydrogen-bond acceptors (Lipinski definition) is 0. The van der Waals surface area contributed by atoms with Gasteiger partial charge in [-0.1, -0.05) is 105 Å². The zero-order chi connectivity index (χ0) is 23.3. The summed E-state index contributed by atoms with van der Waals surface area (Å²) in [5, 5.41) is 0. The molecule has 0 heterocycles. The fourth-order valence-corrected chi connectivity index (χ4v) is 6.12. The summed E-state index contributed by atoms with van der Waals surface area (Å²) in [7, 11) is 9.87. The van der Waals surface area contributed by atoms with E-state index in [0.29, 0.717) is 0 Å². The minimum atomic E-state index is -0.826. The number of allylic oxidation sites excluding steroid dienone is 8. The van der Waals surface area contributed by atoms with E-state index in [1.807, 2.05) is 0 Å². The SMILES string of the molecule is C1=CC2CC(CCc3ccccc3)CC2C=C1.CCCCC1CC2C=CC=CC2C1.[CH3-].[CH3-].[Cl][Zr+2][Cl]. The first-order chi connectivity index (χ1) is 16.2. The topological polar surface area (TPSA) is 0 Å². The third kappa shape index (κ3) is 11.3. The summed E-state index contributed by atoms with van der Waals surface area (Å²) in [6.07, 6.45) is 31.1. The van der Waals surface area contributed by atoms with E-state index in [9.17, 15) is 0 Å². The number of halogens is 2. The van der Waals surface area contributed by atoms with Crippen molar-refractivity contribution >= 4 is 17.0 Å². The predicted molar refractivity (Wildman–Crippen MR) is 155 cm³/mol. The minimum absolute atomic E-state index is 0. The van der Waals surface area contributed by atoms with Crippen molar-refractivity contribution in [1.29, 1.82) is 0 Å². The van der Waals surface area contributed by atoms with E-state index in [0.717, 1.165) is 35.5 Å². The van der Waals surface area contributed by atoms with Gasteiger partial charge in [-0.25, -0.2) is 0 Å². The summed E-state index contributed by atoms with van der Waals surface area (Å²) in [6, 6.07) is 10.9. The van der Waals surface area contributed by atoms with E-state index >= 15 is 0 Å². The average molecular weight is 593 g/mol. The molecule has 192 valence electrons. The summed E-state index contributed by atoms with van der Waals surface area (Å²) in [6.45, 7) is 2.29. The Bertz CT molecular complexity index is 742. The molecule has 4 aliphatic rings. The van der Waals surface area contributed by atoms with Gasteiger partial charge in [0, 0.05) is 0 Å². The number of hydrogen-bond donors (Lipinski definition) is 0. The zero-order valence-electron chi connectivity index (χ0n) is 22.1. The van der Waals surface area contributed by atoms with E-state index in [2.05, 4.69) is 85.9 Å². The van der Waals surface area contributed by atoms with Crippen LogP contribution in [0.5, 0.6) is 0 Å². The summed E-state index contributed by atoms with van der Waals surface area (Å²) in [5.41, 5.74) is 1.49. The predicted octanol–water partition coefficient (Wildman–Crippen LogP) is 10.6. The molecule has 0 radical (unpaired) electrons. The molecule has 1 aromatic carbocycles. The van der Waals surface area contributed by atoms with E-state index in [1.165, 1.54) is 63.4 Å². The van der Waals surface area contributed by atoms with Gasteiger partial charge in [-0.2, -0.15) is 0 Å². The molecule has 4 atom stereocenters. The first-order valence-corrected chi connectivity index (χ1v) is 19.3. The average Bonchev–Trinajstić information content (AvgIpc) is 3.46. The molecule has 0 spiro atoms. The van der Waals surface area contributed by atoms with Crippen LogP contribution in [0.4, 0.5) is 0 Å². The van der Waals surface area contributed by atoms with Crippen LogP contribution in [-0.2, 0) is 27.3 Å². The number of benzene rings is 1. The van der Waals surface area contributed by atoms with Crippen LogP contribution in [0.1, 0.15) is 63.9 Å². The molecule has 4 unspecified atom stereocenters. The van der Waals surface area contributed by atoms with Gasteiger partial charge >= 0.3 is 37.9 Å². The molecule has 1 aromatic rings. The zero-order valence-corrected chi connectivity index (χ0v) is 26.1. The Balaban J connectivity index is 0.000000307. The molecule has 2 saturated carbocycles. The van der Waals surface area contributed by atoms with Crippen molar-refractivity contribution in [1.82, 2.24) is 0 Å². The molecular weight excluding hydrogens is 546 g/mol. The van der Waals surface area contributed by atoms with Gasteiger partial charge in [0.2, 0.25) is 0 Å². The van der Waals surface area contributed by atoms with Crippen LogP contribution < -0.4 is 0 Å². The maximum atomic E-state index is 4.93. The summed E-state index contributed by atoms with van der Waals surface area (Å²) < 4.78 is 0. The molecule has 0 N–H and O–H groups in total. The van der Waals surface area contributed by atoms with Crippen molar-refractivity contribution in [2.75, 3.05) is 0 Å². The third-order valence-electron chi connectivity index (χ3n) is 7.83. The second-order valence-electron chi connectivity index (χ2n) is 10.1. The molecule has 0 saturated heterocycles. The molecule has 0 nitrogen and oxygen atoms in total. The number of fused-ring (bicyclic) bond motifs is 2. The molecule has 2 fully saturated rings. The van der Waals surface area contributed by atoms with Gasteiger partial charge in [0.15, 0.2) is 0 Å². The van der Waals surface area contributed by atoms with Crippen LogP contribution in [0.15, 0.2) is 78.9 Å². The van der Waals surface area contributed by atoms with E-state index in [4.69, 9.17) is 17.0 Å². The van der Waals surface area contributed by atoms with Crippen molar-refractivity contribution in [3.05, 3.63) is 99.4 Å². The molecule has 35 heavy (non-hydrogen) atoms. The van der Waals surface area contributed by atoms with Gasteiger partial charge in [-0.15, -0.1) is 0 Å². The van der Waals surface area contributed by atoms with E-state index < -0.39 is 20.8 Å². The number of aryl methyl sites for hydroxylation is 1. The van der Waals surface area contributed by atoms with Gasteiger partial charge in [0.05, 0.1) is 0 Å². The van der Waals surface area contributed by atoms with Crippen LogP contribution in [-0.4, -0.2) is 0 Å². The van der Waals surface area contributed by atoms with Crippen LogP contribution >= 0.6 is 17.0 Å². The quantitative estimate of drug-likeness (QED) is 0.288. The molecule has 5 rings (SSSR count). The Morgan fingerprint density at radius 1 is 0.686 bits per heavy atom. The fraction of sp³-hybridized carbons (Fsp3) is 0.500. The summed E-state index contributed by atoms with van der Waals surface area (Å²) in [5.74, 6) is 5.38. The number of unbranched alkanes of at least 4 members (excludes halogenated alkanes) is 1. The van der Waals surface area contributed by atoms with E-state index in [1.54, 1.807) is 0 Å². The fourth-order valence-electron chi connectivity index (χ4n) is 6.12. The Labute approximate surface area is 236 Å². The normalized spacial score (nSPS) is 28.7. The molecule has 0 aromatic heterocycles. The van der Waals surface area contributed by atoms with Crippen molar-refractivity contribution in [2.45, 2.75) is 64.7 Å². The van der Waals surface area contributed by atoms with Gasteiger partial charge < -0.3 is 14.9 Å². The maximum absolute atomic E-state index is 4.93. The third-order valence-corrected chi connectivity index (χ3v) is 7.83. The van der Waals surface area contributed by atoms with Gasteiger partial charge in [0.25, 0.3) is 0 Å². The molecule has 3 heteroatoms. The van der Waals surface area contributed by atoms with Crippen molar-refractivity contribution in [3.8, 4) is 0 Å². The van der Waals surface area contributed by atoms with E-state index in [-0.39, 0.29) is 14.9 Å². The van der Waals surface area contributed by atoms with Crippen molar-refractivity contribution in [3.63, 3.8) is 0 Å². The van der Waals surface area contributed by atoms with Crippen LogP contribution in [0.3, 0.4) is 0 Å². The van der Waals surface area contributed by atoms with Crippen molar-refractivity contribution < 1.29 is 20.8 Å². The second kappa shape index (κ2) is 18.8. The molecule has 0 amide bonds. The Hall–Kier alpha value is -0.357. The molecule has 0 bridgehead atoms. The molecule has 4 aliphatic carbocycles. The Morgan fingerprint density at radius 2 is 1.09 bits per heavy atom. The monoisotopic (exact) mass is 590 g/mol. The first kappa shape index (κ1) is 32.7. The summed E-state index contributed by atoms with van der Waals surface area (Å²) >= 11 is -0.826. The van der Waals surface area contributed by atoms with Crippen LogP contribution in [0, 0.1) is 50.4 Å².